The van der Waals surface area contributed by atoms with Gasteiger partial charge in [0, 0.05) is 11.3 Å². The van der Waals surface area contributed by atoms with Crippen molar-refractivity contribution in [1.82, 2.24) is 0 Å². The first-order valence-electron chi connectivity index (χ1n) is 10.4. The average Bonchev–Trinajstić information content (AvgIpc) is 3.42. The van der Waals surface area contributed by atoms with Crippen LogP contribution < -0.4 is 15.0 Å². The molecule has 3 amide bonds. The average molecular weight is 473 g/mol. The number of para-hydroxylation sites is 1. The summed E-state index contributed by atoms with van der Waals surface area (Å²) >= 11 is 6.40. The second-order valence-electron chi connectivity index (χ2n) is 7.49. The molecule has 1 N–H and O–H groups in total. The number of carbonyl (C=O) groups excluding carboxylic acids is 3. The van der Waals surface area contributed by atoms with Crippen molar-refractivity contribution >= 4 is 40.7 Å². The zero-order valence-corrected chi connectivity index (χ0v) is 18.4. The van der Waals surface area contributed by atoms with Gasteiger partial charge in [-0.2, -0.15) is 0 Å². The number of anilines is 2. The van der Waals surface area contributed by atoms with Gasteiger partial charge in [0.15, 0.2) is 5.76 Å². The van der Waals surface area contributed by atoms with Crippen LogP contribution in [0.3, 0.4) is 0 Å². The topological polar surface area (TPSA) is 88.9 Å². The van der Waals surface area contributed by atoms with E-state index in [-0.39, 0.29) is 23.1 Å². The number of imide groups is 1. The number of nitrogens with one attached hydrogen (secondary N) is 1. The summed E-state index contributed by atoms with van der Waals surface area (Å²) in [7, 11) is 0. The number of fused-ring (bicyclic) bond motifs is 1. The van der Waals surface area contributed by atoms with Crippen molar-refractivity contribution in [2.75, 3.05) is 10.2 Å². The Labute approximate surface area is 199 Å². The Bertz CT molecular complexity index is 1380. The molecule has 3 aromatic carbocycles. The first-order chi connectivity index (χ1) is 16.5. The fourth-order valence-corrected chi connectivity index (χ4v) is 3.95. The standard InChI is InChI=1S/C26H17ClN2O5/c27-21-14-17(10-11-22(21)29-25(31)19-8-4-5-9-20(19)26(29)32)28-24(30)23-16(12-13-33-23)15-34-18-6-2-1-3-7-18/h1-14H,15H2,(H,28,30). The maximum atomic E-state index is 12.8. The third kappa shape index (κ3) is 3.93. The number of benzene rings is 3. The van der Waals surface area contributed by atoms with E-state index in [1.807, 2.05) is 30.3 Å². The van der Waals surface area contributed by atoms with Gasteiger partial charge in [0.25, 0.3) is 17.7 Å². The van der Waals surface area contributed by atoms with E-state index in [0.717, 1.165) is 4.90 Å². The van der Waals surface area contributed by atoms with E-state index >= 15 is 0 Å². The molecule has 0 saturated carbocycles. The van der Waals surface area contributed by atoms with Gasteiger partial charge in [0.1, 0.15) is 12.4 Å². The minimum absolute atomic E-state index is 0.108. The highest BCUT2D eigenvalue weighted by Gasteiger charge is 2.37. The van der Waals surface area contributed by atoms with Crippen molar-refractivity contribution < 1.29 is 23.5 Å². The lowest BCUT2D eigenvalue weighted by atomic mass is 10.1. The van der Waals surface area contributed by atoms with E-state index in [1.54, 1.807) is 36.4 Å². The number of carbonyl (C=O) groups is 3. The van der Waals surface area contributed by atoms with Gasteiger partial charge in [0.05, 0.1) is 28.1 Å². The number of ether oxygens (including phenoxy) is 1. The number of hydrogen-bond acceptors (Lipinski definition) is 5. The van der Waals surface area contributed by atoms with Crippen LogP contribution in [0.2, 0.25) is 5.02 Å². The molecule has 0 fully saturated rings. The summed E-state index contributed by atoms with van der Waals surface area (Å²) in [6, 6.07) is 22.0. The third-order valence-corrected chi connectivity index (χ3v) is 5.63. The van der Waals surface area contributed by atoms with Gasteiger partial charge < -0.3 is 14.5 Å². The lowest BCUT2D eigenvalue weighted by molar-refractivity contribution is 0.0924. The molecule has 7 nitrogen and oxygen atoms in total. The molecule has 1 aromatic heterocycles. The number of rotatable bonds is 6. The van der Waals surface area contributed by atoms with Crippen molar-refractivity contribution in [3.05, 3.63) is 113 Å². The van der Waals surface area contributed by atoms with Crippen LogP contribution >= 0.6 is 11.6 Å². The second-order valence-corrected chi connectivity index (χ2v) is 7.90. The quantitative estimate of drug-likeness (QED) is 0.371. The predicted octanol–water partition coefficient (Wildman–Crippen LogP) is 5.56. The monoisotopic (exact) mass is 472 g/mol. The molecule has 0 aliphatic carbocycles. The minimum atomic E-state index is -0.485. The van der Waals surface area contributed by atoms with Gasteiger partial charge in [-0.3, -0.25) is 14.4 Å². The summed E-state index contributed by atoms with van der Waals surface area (Å²) in [5.74, 6) is -0.598. The van der Waals surface area contributed by atoms with Crippen molar-refractivity contribution in [3.8, 4) is 5.75 Å². The van der Waals surface area contributed by atoms with Crippen LogP contribution in [0.25, 0.3) is 0 Å². The molecule has 4 aromatic rings. The predicted molar refractivity (Wildman–Crippen MR) is 126 cm³/mol. The Kier molecular flexibility index (Phi) is 5.61. The minimum Gasteiger partial charge on any atom is -0.489 e. The molecule has 0 atom stereocenters. The molecular weight excluding hydrogens is 456 g/mol. The molecule has 0 bridgehead atoms. The number of hydrogen-bond donors (Lipinski definition) is 1. The first kappa shape index (κ1) is 21.5. The van der Waals surface area contributed by atoms with Crippen molar-refractivity contribution in [2.24, 2.45) is 0 Å². The summed E-state index contributed by atoms with van der Waals surface area (Å²) in [6.45, 7) is 0.155. The van der Waals surface area contributed by atoms with Gasteiger partial charge in [-0.15, -0.1) is 0 Å². The molecule has 0 unspecified atom stereocenters. The van der Waals surface area contributed by atoms with Crippen molar-refractivity contribution in [3.63, 3.8) is 0 Å². The largest absolute Gasteiger partial charge is 0.489 e. The van der Waals surface area contributed by atoms with Crippen LogP contribution in [0.5, 0.6) is 5.75 Å². The number of furan rings is 1. The maximum absolute atomic E-state index is 12.8. The van der Waals surface area contributed by atoms with Crippen LogP contribution in [0.15, 0.2) is 89.5 Å². The highest BCUT2D eigenvalue weighted by atomic mass is 35.5. The zero-order valence-electron chi connectivity index (χ0n) is 17.7. The van der Waals surface area contributed by atoms with E-state index in [1.165, 1.54) is 18.4 Å². The molecule has 0 spiro atoms. The molecule has 1 aliphatic heterocycles. The van der Waals surface area contributed by atoms with Crippen LogP contribution in [-0.2, 0) is 6.61 Å². The highest BCUT2D eigenvalue weighted by Crippen LogP contribution is 2.35. The van der Waals surface area contributed by atoms with Crippen LogP contribution in [0.1, 0.15) is 36.8 Å². The Hall–Kier alpha value is -4.36. The van der Waals surface area contributed by atoms with Gasteiger partial charge in [-0.1, -0.05) is 41.9 Å². The van der Waals surface area contributed by atoms with Gasteiger partial charge in [0.2, 0.25) is 0 Å². The number of amides is 3. The van der Waals surface area contributed by atoms with E-state index in [9.17, 15) is 14.4 Å². The van der Waals surface area contributed by atoms with Crippen LogP contribution in [0.4, 0.5) is 11.4 Å². The Morgan fingerprint density at radius 2 is 1.59 bits per heavy atom. The molecule has 8 heteroatoms. The molecule has 168 valence electrons. The van der Waals surface area contributed by atoms with Crippen molar-refractivity contribution in [1.29, 1.82) is 0 Å². The van der Waals surface area contributed by atoms with E-state index in [4.69, 9.17) is 20.8 Å². The normalized spacial score (nSPS) is 12.6. The van der Waals surface area contributed by atoms with Crippen LogP contribution in [-0.4, -0.2) is 17.7 Å². The summed E-state index contributed by atoms with van der Waals surface area (Å²) in [4.78, 5) is 39.3. The molecular formula is C26H17ClN2O5. The Morgan fingerprint density at radius 1 is 0.912 bits per heavy atom. The summed E-state index contributed by atoms with van der Waals surface area (Å²) < 4.78 is 11.1. The van der Waals surface area contributed by atoms with E-state index < -0.39 is 17.7 Å². The van der Waals surface area contributed by atoms with Gasteiger partial charge in [-0.25, -0.2) is 4.90 Å². The second kappa shape index (κ2) is 8.88. The lowest BCUT2D eigenvalue weighted by Gasteiger charge is -2.16. The summed E-state index contributed by atoms with van der Waals surface area (Å²) in [5, 5.41) is 2.86. The third-order valence-electron chi connectivity index (χ3n) is 5.33. The Balaban J connectivity index is 1.31. The first-order valence-corrected chi connectivity index (χ1v) is 10.7. The molecule has 2 heterocycles. The maximum Gasteiger partial charge on any atom is 0.291 e. The molecule has 34 heavy (non-hydrogen) atoms. The molecule has 0 saturated heterocycles. The van der Waals surface area contributed by atoms with Crippen molar-refractivity contribution in [2.45, 2.75) is 6.61 Å². The SMILES string of the molecule is O=C(Nc1ccc(N2C(=O)c3ccccc3C2=O)c(Cl)c1)c1occc1COc1ccccc1. The fourth-order valence-electron chi connectivity index (χ4n) is 3.69. The fraction of sp³-hybridized carbons (Fsp3) is 0.0385. The van der Waals surface area contributed by atoms with Crippen LogP contribution in [0, 0.1) is 0 Å². The van der Waals surface area contributed by atoms with Gasteiger partial charge in [-0.05, 0) is 48.5 Å². The van der Waals surface area contributed by atoms with Gasteiger partial charge >= 0.3 is 0 Å². The number of nitrogens with zero attached hydrogens (tertiary/aromatic N) is 1. The summed E-state index contributed by atoms with van der Waals surface area (Å²) in [5.41, 5.74) is 1.84. The highest BCUT2D eigenvalue weighted by molar-refractivity contribution is 6.40. The summed E-state index contributed by atoms with van der Waals surface area (Å²) in [6.07, 6.45) is 1.41. The molecule has 5 rings (SSSR count). The molecule has 1 aliphatic rings. The molecule has 0 radical (unpaired) electrons. The number of halogens is 1. The van der Waals surface area contributed by atoms with E-state index in [2.05, 4.69) is 5.32 Å². The lowest BCUT2D eigenvalue weighted by Crippen LogP contribution is -2.29. The zero-order chi connectivity index (χ0) is 23.7. The van der Waals surface area contributed by atoms with E-state index in [0.29, 0.717) is 28.1 Å². The Morgan fingerprint density at radius 3 is 2.26 bits per heavy atom. The smallest absolute Gasteiger partial charge is 0.291 e.